The van der Waals surface area contributed by atoms with Gasteiger partial charge in [0.15, 0.2) is 0 Å². The third-order valence-corrected chi connectivity index (χ3v) is 6.95. The van der Waals surface area contributed by atoms with Crippen molar-refractivity contribution < 1.29 is 13.2 Å². The van der Waals surface area contributed by atoms with Gasteiger partial charge >= 0.3 is 0 Å². The molecule has 0 fully saturated rings. The number of carbonyl (C=O) groups is 1. The standard InChI is InChI=1S/C21H28N2O3S2/c1-4-17(3)23-28(25,26)20-11-9-19(10-12-20)21(24)22-13-14-27-15-18-7-5-16(2)6-8-18/h5-12,17,23H,4,13-15H2,1-3H3,(H,22,24). The van der Waals surface area contributed by atoms with Crippen LogP contribution in [0.25, 0.3) is 0 Å². The van der Waals surface area contributed by atoms with Crippen molar-refractivity contribution in [3.63, 3.8) is 0 Å². The average molecular weight is 421 g/mol. The van der Waals surface area contributed by atoms with Gasteiger partial charge in [-0.2, -0.15) is 11.8 Å². The lowest BCUT2D eigenvalue weighted by molar-refractivity contribution is 0.0956. The zero-order chi connectivity index (χ0) is 20.6. The molecule has 1 unspecified atom stereocenters. The van der Waals surface area contributed by atoms with Crippen LogP contribution in [0.5, 0.6) is 0 Å². The maximum Gasteiger partial charge on any atom is 0.251 e. The van der Waals surface area contributed by atoms with Gasteiger partial charge in [0, 0.05) is 29.7 Å². The monoisotopic (exact) mass is 420 g/mol. The third-order valence-electron chi connectivity index (χ3n) is 4.32. The summed E-state index contributed by atoms with van der Waals surface area (Å²) >= 11 is 1.76. The summed E-state index contributed by atoms with van der Waals surface area (Å²) in [7, 11) is -3.55. The Morgan fingerprint density at radius 1 is 1.07 bits per heavy atom. The molecule has 1 amide bonds. The number of aryl methyl sites for hydroxylation is 1. The van der Waals surface area contributed by atoms with E-state index in [0.29, 0.717) is 18.5 Å². The van der Waals surface area contributed by atoms with E-state index < -0.39 is 10.0 Å². The molecule has 2 aromatic rings. The Morgan fingerprint density at radius 2 is 1.71 bits per heavy atom. The van der Waals surface area contributed by atoms with Gasteiger partial charge in [0.1, 0.15) is 0 Å². The highest BCUT2D eigenvalue weighted by Gasteiger charge is 2.17. The summed E-state index contributed by atoms with van der Waals surface area (Å²) in [4.78, 5) is 12.4. The number of carbonyl (C=O) groups excluding carboxylic acids is 1. The molecule has 0 heterocycles. The summed E-state index contributed by atoms with van der Waals surface area (Å²) in [6, 6.07) is 14.3. The molecule has 0 aliphatic carbocycles. The average Bonchev–Trinajstić information content (AvgIpc) is 2.68. The second-order valence-corrected chi connectivity index (χ2v) is 9.57. The molecular weight excluding hydrogens is 392 g/mol. The molecule has 28 heavy (non-hydrogen) atoms. The van der Waals surface area contributed by atoms with Crippen LogP contribution in [0.2, 0.25) is 0 Å². The Hall–Kier alpha value is -1.83. The first-order chi connectivity index (χ1) is 13.3. The Kier molecular flexibility index (Phi) is 8.54. The van der Waals surface area contributed by atoms with Crippen LogP contribution in [-0.2, 0) is 15.8 Å². The van der Waals surface area contributed by atoms with Gasteiger partial charge in [0.25, 0.3) is 5.91 Å². The number of benzene rings is 2. The zero-order valence-electron chi connectivity index (χ0n) is 16.6. The normalized spacial score (nSPS) is 12.5. The van der Waals surface area contributed by atoms with E-state index in [-0.39, 0.29) is 16.8 Å². The lowest BCUT2D eigenvalue weighted by Crippen LogP contribution is -2.32. The van der Waals surface area contributed by atoms with E-state index in [9.17, 15) is 13.2 Å². The van der Waals surface area contributed by atoms with Gasteiger partial charge < -0.3 is 5.32 Å². The number of rotatable bonds is 10. The molecule has 152 valence electrons. The summed E-state index contributed by atoms with van der Waals surface area (Å²) in [5.74, 6) is 1.52. The fraction of sp³-hybridized carbons (Fsp3) is 0.381. The third kappa shape index (κ3) is 6.96. The molecule has 0 radical (unpaired) electrons. The van der Waals surface area contributed by atoms with Gasteiger partial charge in [-0.15, -0.1) is 0 Å². The Labute approximate surface area is 172 Å². The van der Waals surface area contributed by atoms with Gasteiger partial charge in [-0.3, -0.25) is 4.79 Å². The van der Waals surface area contributed by atoms with Crippen LogP contribution in [0.15, 0.2) is 53.4 Å². The minimum atomic E-state index is -3.55. The lowest BCUT2D eigenvalue weighted by Gasteiger charge is -2.12. The number of sulfonamides is 1. The molecule has 2 aromatic carbocycles. The molecule has 2 rings (SSSR count). The highest BCUT2D eigenvalue weighted by Crippen LogP contribution is 2.13. The number of nitrogens with one attached hydrogen (secondary N) is 2. The minimum absolute atomic E-state index is 0.134. The maximum absolute atomic E-state index is 12.2. The van der Waals surface area contributed by atoms with E-state index in [4.69, 9.17) is 0 Å². The van der Waals surface area contributed by atoms with Crippen LogP contribution in [0.3, 0.4) is 0 Å². The van der Waals surface area contributed by atoms with Crippen molar-refractivity contribution in [1.82, 2.24) is 10.0 Å². The second kappa shape index (κ2) is 10.6. The van der Waals surface area contributed by atoms with Gasteiger partial charge in [0.2, 0.25) is 10.0 Å². The van der Waals surface area contributed by atoms with Crippen LogP contribution in [0, 0.1) is 6.92 Å². The molecule has 0 spiro atoms. The van der Waals surface area contributed by atoms with Crippen molar-refractivity contribution in [2.24, 2.45) is 0 Å². The second-order valence-electron chi connectivity index (χ2n) is 6.75. The molecule has 1 atom stereocenters. The first-order valence-corrected chi connectivity index (χ1v) is 12.0. The molecule has 0 aliphatic rings. The molecule has 7 heteroatoms. The van der Waals surface area contributed by atoms with Gasteiger partial charge in [-0.1, -0.05) is 36.8 Å². The lowest BCUT2D eigenvalue weighted by atomic mass is 10.2. The Bertz CT molecular complexity index is 864. The summed E-state index contributed by atoms with van der Waals surface area (Å²) in [6.07, 6.45) is 0.710. The molecule has 0 saturated carbocycles. The van der Waals surface area contributed by atoms with Crippen LogP contribution in [0.4, 0.5) is 0 Å². The molecule has 0 saturated heterocycles. The highest BCUT2D eigenvalue weighted by molar-refractivity contribution is 7.98. The van der Waals surface area contributed by atoms with E-state index in [2.05, 4.69) is 41.2 Å². The molecule has 2 N–H and O–H groups in total. The van der Waals surface area contributed by atoms with Crippen molar-refractivity contribution in [2.45, 2.75) is 43.9 Å². The van der Waals surface area contributed by atoms with E-state index in [1.165, 1.54) is 23.3 Å². The van der Waals surface area contributed by atoms with Crippen molar-refractivity contribution in [2.75, 3.05) is 12.3 Å². The first-order valence-electron chi connectivity index (χ1n) is 9.35. The summed E-state index contributed by atoms with van der Waals surface area (Å²) in [5.41, 5.74) is 2.96. The summed E-state index contributed by atoms with van der Waals surface area (Å²) in [6.45, 7) is 6.36. The zero-order valence-corrected chi connectivity index (χ0v) is 18.2. The van der Waals surface area contributed by atoms with Crippen molar-refractivity contribution in [3.8, 4) is 0 Å². The van der Waals surface area contributed by atoms with Gasteiger partial charge in [0.05, 0.1) is 4.90 Å². The number of hydrogen-bond acceptors (Lipinski definition) is 4. The Morgan fingerprint density at radius 3 is 2.32 bits per heavy atom. The largest absolute Gasteiger partial charge is 0.351 e. The van der Waals surface area contributed by atoms with Crippen molar-refractivity contribution >= 4 is 27.7 Å². The van der Waals surface area contributed by atoms with Crippen molar-refractivity contribution in [1.29, 1.82) is 0 Å². The van der Waals surface area contributed by atoms with Gasteiger partial charge in [-0.05, 0) is 50.1 Å². The van der Waals surface area contributed by atoms with Crippen LogP contribution in [0.1, 0.15) is 41.8 Å². The van der Waals surface area contributed by atoms with E-state index in [0.717, 1.165) is 11.5 Å². The van der Waals surface area contributed by atoms with Crippen molar-refractivity contribution in [3.05, 3.63) is 65.2 Å². The smallest absolute Gasteiger partial charge is 0.251 e. The SMILES string of the molecule is CCC(C)NS(=O)(=O)c1ccc(C(=O)NCCSCc2ccc(C)cc2)cc1. The fourth-order valence-electron chi connectivity index (χ4n) is 2.41. The van der Waals surface area contributed by atoms with E-state index >= 15 is 0 Å². The van der Waals surface area contributed by atoms with Crippen LogP contribution < -0.4 is 10.0 Å². The Balaban J connectivity index is 1.78. The molecule has 5 nitrogen and oxygen atoms in total. The number of hydrogen-bond donors (Lipinski definition) is 2. The van der Waals surface area contributed by atoms with Crippen LogP contribution >= 0.6 is 11.8 Å². The maximum atomic E-state index is 12.2. The number of amides is 1. The fourth-order valence-corrected chi connectivity index (χ4v) is 4.56. The molecule has 0 aliphatic heterocycles. The predicted octanol–water partition coefficient (Wildman–Crippen LogP) is 3.74. The summed E-state index contributed by atoms with van der Waals surface area (Å²) in [5, 5.41) is 2.87. The molecule has 0 bridgehead atoms. The number of thioether (sulfide) groups is 1. The quantitative estimate of drug-likeness (QED) is 0.574. The van der Waals surface area contributed by atoms with Gasteiger partial charge in [-0.25, -0.2) is 13.1 Å². The van der Waals surface area contributed by atoms with E-state index in [1.807, 2.05) is 13.8 Å². The summed E-state index contributed by atoms with van der Waals surface area (Å²) < 4.78 is 27.1. The molecular formula is C21H28N2O3S2. The first kappa shape index (κ1) is 22.5. The minimum Gasteiger partial charge on any atom is -0.351 e. The van der Waals surface area contributed by atoms with Crippen LogP contribution in [-0.4, -0.2) is 32.7 Å². The van der Waals surface area contributed by atoms with E-state index in [1.54, 1.807) is 23.9 Å². The molecule has 0 aromatic heterocycles. The predicted molar refractivity (Wildman–Crippen MR) is 116 cm³/mol. The topological polar surface area (TPSA) is 75.3 Å². The highest BCUT2D eigenvalue weighted by atomic mass is 32.2.